The second-order valence-corrected chi connectivity index (χ2v) is 6.28. The van der Waals surface area contributed by atoms with E-state index in [1.54, 1.807) is 16.2 Å². The van der Waals surface area contributed by atoms with E-state index in [4.69, 9.17) is 0 Å². The number of hydrogen-bond donors (Lipinski definition) is 0. The highest BCUT2D eigenvalue weighted by Gasteiger charge is 2.22. The molecule has 2 heterocycles. The summed E-state index contributed by atoms with van der Waals surface area (Å²) in [5.74, 6) is 0.451. The van der Waals surface area contributed by atoms with Gasteiger partial charge in [-0.1, -0.05) is 36.4 Å². The number of thiophene rings is 1. The molecular weight excluding hydrogens is 334 g/mol. The van der Waals surface area contributed by atoms with Crippen LogP contribution in [-0.2, 0) is 4.79 Å². The average molecular weight is 353 g/mol. The minimum absolute atomic E-state index is 0.0946. The van der Waals surface area contributed by atoms with Gasteiger partial charge in [-0.25, -0.2) is 0 Å². The molecule has 0 unspecified atom stereocenters. The molecule has 0 radical (unpaired) electrons. The Labute approximate surface area is 150 Å². The van der Waals surface area contributed by atoms with Gasteiger partial charge in [-0.15, -0.1) is 16.4 Å². The van der Waals surface area contributed by atoms with Crippen LogP contribution in [0.15, 0.2) is 47.8 Å². The van der Waals surface area contributed by atoms with E-state index in [1.807, 2.05) is 67.8 Å². The van der Waals surface area contributed by atoms with Crippen molar-refractivity contribution in [2.45, 2.75) is 13.8 Å². The SMILES string of the molecule is CCN(CC)C(=O)C(=Cc1cccs1)n1nnnc1-c1ccccc1. The van der Waals surface area contributed by atoms with Gasteiger partial charge >= 0.3 is 0 Å². The lowest BCUT2D eigenvalue weighted by Crippen LogP contribution is -2.33. The van der Waals surface area contributed by atoms with Crippen LogP contribution < -0.4 is 0 Å². The lowest BCUT2D eigenvalue weighted by Gasteiger charge is -2.20. The van der Waals surface area contributed by atoms with Crippen molar-refractivity contribution in [3.8, 4) is 11.4 Å². The van der Waals surface area contributed by atoms with Crippen LogP contribution in [0.3, 0.4) is 0 Å². The van der Waals surface area contributed by atoms with Crippen molar-refractivity contribution < 1.29 is 4.79 Å². The number of amides is 1. The second-order valence-electron chi connectivity index (χ2n) is 5.30. The van der Waals surface area contributed by atoms with Gasteiger partial charge in [0.2, 0.25) is 0 Å². The Bertz CT molecular complexity index is 851. The van der Waals surface area contributed by atoms with E-state index in [9.17, 15) is 4.79 Å². The monoisotopic (exact) mass is 353 g/mol. The zero-order valence-electron chi connectivity index (χ0n) is 14.2. The molecule has 0 N–H and O–H groups in total. The number of hydrogen-bond acceptors (Lipinski definition) is 5. The van der Waals surface area contributed by atoms with Crippen molar-refractivity contribution in [3.63, 3.8) is 0 Å². The molecule has 0 fully saturated rings. The van der Waals surface area contributed by atoms with Crippen molar-refractivity contribution in [1.29, 1.82) is 0 Å². The molecule has 7 heteroatoms. The third kappa shape index (κ3) is 3.66. The molecule has 0 saturated heterocycles. The molecule has 0 bridgehead atoms. The molecule has 25 heavy (non-hydrogen) atoms. The predicted octanol–water partition coefficient (Wildman–Crippen LogP) is 3.27. The Hall–Kier alpha value is -2.80. The Kier molecular flexibility index (Phi) is 5.35. The Morgan fingerprint density at radius 3 is 2.56 bits per heavy atom. The van der Waals surface area contributed by atoms with E-state index in [0.717, 1.165) is 10.4 Å². The lowest BCUT2D eigenvalue weighted by atomic mass is 10.2. The van der Waals surface area contributed by atoms with E-state index in [1.165, 1.54) is 4.68 Å². The van der Waals surface area contributed by atoms with Gasteiger partial charge < -0.3 is 4.90 Å². The first-order valence-electron chi connectivity index (χ1n) is 8.13. The van der Waals surface area contributed by atoms with Crippen molar-refractivity contribution in [3.05, 3.63) is 52.7 Å². The maximum absolute atomic E-state index is 13.1. The Balaban J connectivity index is 2.11. The molecule has 0 aliphatic rings. The Morgan fingerprint density at radius 1 is 1.16 bits per heavy atom. The van der Waals surface area contributed by atoms with Gasteiger partial charge in [0.05, 0.1) is 0 Å². The van der Waals surface area contributed by atoms with E-state index in [-0.39, 0.29) is 5.91 Å². The average Bonchev–Trinajstić information content (AvgIpc) is 3.33. The fourth-order valence-corrected chi connectivity index (χ4v) is 3.16. The topological polar surface area (TPSA) is 63.9 Å². The van der Waals surface area contributed by atoms with Gasteiger partial charge in [0, 0.05) is 23.5 Å². The molecule has 3 aromatic rings. The maximum Gasteiger partial charge on any atom is 0.272 e. The van der Waals surface area contributed by atoms with Crippen LogP contribution in [0.5, 0.6) is 0 Å². The number of aromatic nitrogens is 4. The lowest BCUT2D eigenvalue weighted by molar-refractivity contribution is -0.125. The van der Waals surface area contributed by atoms with Crippen LogP contribution in [0.2, 0.25) is 0 Å². The van der Waals surface area contributed by atoms with Gasteiger partial charge in [-0.2, -0.15) is 4.68 Å². The number of likely N-dealkylation sites (N-methyl/N-ethyl adjacent to an activating group) is 1. The second kappa shape index (κ2) is 7.85. The van der Waals surface area contributed by atoms with Gasteiger partial charge in [-0.3, -0.25) is 4.79 Å². The van der Waals surface area contributed by atoms with E-state index < -0.39 is 0 Å². The maximum atomic E-state index is 13.1. The number of carbonyl (C=O) groups is 1. The third-order valence-electron chi connectivity index (χ3n) is 3.82. The van der Waals surface area contributed by atoms with Crippen LogP contribution >= 0.6 is 11.3 Å². The normalized spacial score (nSPS) is 11.5. The minimum Gasteiger partial charge on any atom is -0.338 e. The highest BCUT2D eigenvalue weighted by atomic mass is 32.1. The Morgan fingerprint density at radius 2 is 1.92 bits per heavy atom. The molecule has 0 spiro atoms. The van der Waals surface area contributed by atoms with Crippen LogP contribution in [-0.4, -0.2) is 44.1 Å². The van der Waals surface area contributed by atoms with Gasteiger partial charge in [-0.05, 0) is 41.8 Å². The van der Waals surface area contributed by atoms with Crippen LogP contribution in [0.25, 0.3) is 23.2 Å². The van der Waals surface area contributed by atoms with Crippen LogP contribution in [0, 0.1) is 0 Å². The summed E-state index contributed by atoms with van der Waals surface area (Å²) < 4.78 is 1.52. The largest absolute Gasteiger partial charge is 0.338 e. The number of benzene rings is 1. The molecule has 128 valence electrons. The number of nitrogens with zero attached hydrogens (tertiary/aromatic N) is 5. The standard InChI is InChI=1S/C18H19N5OS/c1-3-22(4-2)18(24)16(13-15-11-8-12-25-15)23-17(19-20-21-23)14-9-6-5-7-10-14/h5-13H,3-4H2,1-2H3. The number of rotatable bonds is 6. The smallest absolute Gasteiger partial charge is 0.272 e. The first-order chi connectivity index (χ1) is 12.2. The summed E-state index contributed by atoms with van der Waals surface area (Å²) in [6.07, 6.45) is 1.84. The van der Waals surface area contributed by atoms with Gasteiger partial charge in [0.15, 0.2) is 5.82 Å². The highest BCUT2D eigenvalue weighted by Crippen LogP contribution is 2.23. The fraction of sp³-hybridized carbons (Fsp3) is 0.222. The highest BCUT2D eigenvalue weighted by molar-refractivity contribution is 7.10. The third-order valence-corrected chi connectivity index (χ3v) is 4.64. The molecule has 1 amide bonds. The van der Waals surface area contributed by atoms with Gasteiger partial charge in [0.25, 0.3) is 5.91 Å². The first-order valence-corrected chi connectivity index (χ1v) is 9.01. The molecule has 0 atom stereocenters. The van der Waals surface area contributed by atoms with Crippen molar-refractivity contribution >= 4 is 29.0 Å². The van der Waals surface area contributed by atoms with Crippen molar-refractivity contribution in [2.24, 2.45) is 0 Å². The summed E-state index contributed by atoms with van der Waals surface area (Å²) in [6, 6.07) is 13.5. The molecule has 2 aromatic heterocycles. The number of carbonyl (C=O) groups excluding carboxylic acids is 1. The summed E-state index contributed by atoms with van der Waals surface area (Å²) in [6.45, 7) is 5.17. The zero-order valence-corrected chi connectivity index (χ0v) is 15.0. The summed E-state index contributed by atoms with van der Waals surface area (Å²) in [4.78, 5) is 15.8. The van der Waals surface area contributed by atoms with Crippen LogP contribution in [0.4, 0.5) is 0 Å². The van der Waals surface area contributed by atoms with E-state index >= 15 is 0 Å². The summed E-state index contributed by atoms with van der Waals surface area (Å²) >= 11 is 1.57. The van der Waals surface area contributed by atoms with Crippen molar-refractivity contribution in [2.75, 3.05) is 13.1 Å². The zero-order chi connectivity index (χ0) is 17.6. The van der Waals surface area contributed by atoms with Crippen LogP contribution in [0.1, 0.15) is 18.7 Å². The molecule has 0 saturated carbocycles. The summed E-state index contributed by atoms with van der Waals surface area (Å²) in [5, 5.41) is 14.0. The molecule has 1 aromatic carbocycles. The van der Waals surface area contributed by atoms with Gasteiger partial charge in [0.1, 0.15) is 5.70 Å². The first kappa shape index (κ1) is 17.0. The molecule has 3 rings (SSSR count). The molecular formula is C18H19N5OS. The van der Waals surface area contributed by atoms with Crippen molar-refractivity contribution in [1.82, 2.24) is 25.1 Å². The predicted molar refractivity (Wildman–Crippen MR) is 99.7 cm³/mol. The van der Waals surface area contributed by atoms with E-state index in [0.29, 0.717) is 24.6 Å². The molecule has 0 aliphatic carbocycles. The van der Waals surface area contributed by atoms with E-state index in [2.05, 4.69) is 15.5 Å². The number of tetrazole rings is 1. The fourth-order valence-electron chi connectivity index (χ4n) is 2.51. The summed E-state index contributed by atoms with van der Waals surface area (Å²) in [7, 11) is 0. The molecule has 0 aliphatic heterocycles. The minimum atomic E-state index is -0.0946. The molecule has 6 nitrogen and oxygen atoms in total. The quantitative estimate of drug-likeness (QED) is 0.638. The summed E-state index contributed by atoms with van der Waals surface area (Å²) in [5.41, 5.74) is 1.30.